The van der Waals surface area contributed by atoms with E-state index in [1.807, 2.05) is 6.92 Å². The number of aromatic nitrogens is 2. The lowest BCUT2D eigenvalue weighted by Gasteiger charge is -2.11. The van der Waals surface area contributed by atoms with Crippen LogP contribution in [0.5, 0.6) is 5.88 Å². The van der Waals surface area contributed by atoms with Crippen LogP contribution in [-0.2, 0) is 13.1 Å². The minimum atomic E-state index is -0.488. The Hall–Kier alpha value is -3.16. The minimum Gasteiger partial charge on any atom is -0.481 e. The van der Waals surface area contributed by atoms with E-state index in [1.54, 1.807) is 24.8 Å². The second kappa shape index (κ2) is 7.22. The summed E-state index contributed by atoms with van der Waals surface area (Å²) in [5.74, 6) is -0.215. The zero-order valence-electron chi connectivity index (χ0n) is 15.8. The van der Waals surface area contributed by atoms with E-state index in [0.717, 1.165) is 0 Å². The molecular formula is C19H22N4O4. The Balaban J connectivity index is 1.85. The van der Waals surface area contributed by atoms with Crippen LogP contribution < -0.4 is 15.5 Å². The number of hydrogen-bond donors (Lipinski definition) is 2. The molecule has 0 unspecified atom stereocenters. The summed E-state index contributed by atoms with van der Waals surface area (Å²) in [7, 11) is 1.49. The quantitative estimate of drug-likeness (QED) is 0.826. The molecule has 0 aromatic carbocycles. The summed E-state index contributed by atoms with van der Waals surface area (Å²) in [4.78, 5) is 46.1. The molecule has 27 heavy (non-hydrogen) atoms. The average Bonchev–Trinajstić information content (AvgIpc) is 2.93. The Morgan fingerprint density at radius 1 is 1.33 bits per heavy atom. The van der Waals surface area contributed by atoms with Crippen molar-refractivity contribution in [2.75, 3.05) is 13.7 Å². The molecule has 0 spiro atoms. The summed E-state index contributed by atoms with van der Waals surface area (Å²) in [6, 6.07) is 3.09. The number of rotatable bonds is 5. The van der Waals surface area contributed by atoms with Crippen molar-refractivity contribution in [3.8, 4) is 5.88 Å². The molecule has 1 aliphatic heterocycles. The molecule has 3 heterocycles. The topological polar surface area (TPSA) is 104 Å². The predicted molar refractivity (Wildman–Crippen MR) is 98.9 cm³/mol. The first kappa shape index (κ1) is 18.6. The van der Waals surface area contributed by atoms with Crippen molar-refractivity contribution in [1.29, 1.82) is 0 Å². The standard InChI is InChI=1S/C19H22N4O4/c1-5-23-9-14-13(19(23)26)7-12(18(22-14)27-4)8-20-17(25)16-11(3)21-10(2)6-15(16)24/h6-7H,5,8-9H2,1-4H3,(H,20,25)(H,21,24). The highest BCUT2D eigenvalue weighted by Gasteiger charge is 2.29. The normalized spacial score (nSPS) is 12.9. The van der Waals surface area contributed by atoms with Gasteiger partial charge in [0.05, 0.1) is 24.9 Å². The van der Waals surface area contributed by atoms with Gasteiger partial charge in [-0.05, 0) is 26.8 Å². The number of aryl methyl sites for hydroxylation is 2. The number of nitrogens with zero attached hydrogens (tertiary/aromatic N) is 2. The fourth-order valence-corrected chi connectivity index (χ4v) is 3.26. The number of pyridine rings is 2. The van der Waals surface area contributed by atoms with Gasteiger partial charge in [-0.25, -0.2) is 4.98 Å². The van der Waals surface area contributed by atoms with Crippen LogP contribution in [0.3, 0.4) is 0 Å². The van der Waals surface area contributed by atoms with E-state index < -0.39 is 5.91 Å². The maximum absolute atomic E-state index is 12.5. The number of ether oxygens (including phenoxy) is 1. The molecule has 0 bridgehead atoms. The monoisotopic (exact) mass is 370 g/mol. The highest BCUT2D eigenvalue weighted by atomic mass is 16.5. The summed E-state index contributed by atoms with van der Waals surface area (Å²) in [5, 5.41) is 2.72. The predicted octanol–water partition coefficient (Wildman–Crippen LogP) is 1.30. The molecule has 2 N–H and O–H groups in total. The van der Waals surface area contributed by atoms with Gasteiger partial charge in [0.15, 0.2) is 5.43 Å². The summed E-state index contributed by atoms with van der Waals surface area (Å²) in [5.41, 5.74) is 2.70. The molecule has 2 aromatic rings. The van der Waals surface area contributed by atoms with Crippen molar-refractivity contribution < 1.29 is 14.3 Å². The van der Waals surface area contributed by atoms with Crippen LogP contribution in [0, 0.1) is 13.8 Å². The Kier molecular flexibility index (Phi) is 4.98. The molecule has 0 saturated heterocycles. The molecule has 3 rings (SSSR count). The average molecular weight is 370 g/mol. The number of aromatic amines is 1. The third-order valence-corrected chi connectivity index (χ3v) is 4.59. The molecule has 2 aromatic heterocycles. The first-order valence-corrected chi connectivity index (χ1v) is 8.70. The van der Waals surface area contributed by atoms with Crippen LogP contribution >= 0.6 is 0 Å². The second-order valence-corrected chi connectivity index (χ2v) is 6.47. The third kappa shape index (κ3) is 3.42. The van der Waals surface area contributed by atoms with Gasteiger partial charge < -0.3 is 19.9 Å². The maximum atomic E-state index is 12.5. The lowest BCUT2D eigenvalue weighted by Crippen LogP contribution is -2.30. The number of carbonyl (C=O) groups is 2. The maximum Gasteiger partial charge on any atom is 0.257 e. The molecule has 1 aliphatic rings. The highest BCUT2D eigenvalue weighted by Crippen LogP contribution is 2.26. The Morgan fingerprint density at radius 3 is 2.70 bits per heavy atom. The summed E-state index contributed by atoms with van der Waals surface area (Å²) < 4.78 is 5.32. The van der Waals surface area contributed by atoms with Crippen molar-refractivity contribution in [3.63, 3.8) is 0 Å². The van der Waals surface area contributed by atoms with Crippen LogP contribution in [0.1, 0.15) is 50.3 Å². The Bertz CT molecular complexity index is 980. The fourth-order valence-electron chi connectivity index (χ4n) is 3.26. The molecule has 8 heteroatoms. The summed E-state index contributed by atoms with van der Waals surface area (Å²) >= 11 is 0. The SMILES string of the molecule is CCN1Cc2nc(OC)c(CNC(=O)c3c(C)[nH]c(C)cc3=O)cc2C1=O. The zero-order valence-corrected chi connectivity index (χ0v) is 15.8. The van der Waals surface area contributed by atoms with Gasteiger partial charge in [-0.1, -0.05) is 0 Å². The van der Waals surface area contributed by atoms with E-state index in [0.29, 0.717) is 47.2 Å². The van der Waals surface area contributed by atoms with Gasteiger partial charge in [0, 0.05) is 36.1 Å². The van der Waals surface area contributed by atoms with Crippen molar-refractivity contribution >= 4 is 11.8 Å². The van der Waals surface area contributed by atoms with Crippen LogP contribution in [-0.4, -0.2) is 40.3 Å². The smallest absolute Gasteiger partial charge is 0.257 e. The van der Waals surface area contributed by atoms with E-state index >= 15 is 0 Å². The zero-order chi connectivity index (χ0) is 19.7. The van der Waals surface area contributed by atoms with E-state index in [1.165, 1.54) is 13.2 Å². The summed E-state index contributed by atoms with van der Waals surface area (Å²) in [6.07, 6.45) is 0. The molecule has 0 atom stereocenters. The number of methoxy groups -OCH3 is 1. The van der Waals surface area contributed by atoms with Gasteiger partial charge in [0.1, 0.15) is 5.56 Å². The first-order chi connectivity index (χ1) is 12.8. The van der Waals surface area contributed by atoms with Crippen LogP contribution in [0.2, 0.25) is 0 Å². The van der Waals surface area contributed by atoms with Gasteiger partial charge in [0.2, 0.25) is 5.88 Å². The van der Waals surface area contributed by atoms with Crippen LogP contribution in [0.4, 0.5) is 0 Å². The third-order valence-electron chi connectivity index (χ3n) is 4.59. The Labute approximate surface area is 156 Å². The van der Waals surface area contributed by atoms with Crippen molar-refractivity contribution in [1.82, 2.24) is 20.2 Å². The molecule has 2 amide bonds. The number of carbonyl (C=O) groups excluding carboxylic acids is 2. The molecule has 0 fully saturated rings. The number of amides is 2. The van der Waals surface area contributed by atoms with Crippen molar-refractivity contribution in [2.24, 2.45) is 0 Å². The molecule has 0 saturated carbocycles. The van der Waals surface area contributed by atoms with Gasteiger partial charge in [-0.2, -0.15) is 0 Å². The summed E-state index contributed by atoms with van der Waals surface area (Å²) in [6.45, 7) is 6.48. The van der Waals surface area contributed by atoms with Gasteiger partial charge in [0.25, 0.3) is 11.8 Å². The highest BCUT2D eigenvalue weighted by molar-refractivity contribution is 5.98. The van der Waals surface area contributed by atoms with Gasteiger partial charge in [-0.3, -0.25) is 14.4 Å². The fraction of sp³-hybridized carbons (Fsp3) is 0.368. The molecular weight excluding hydrogens is 348 g/mol. The minimum absolute atomic E-state index is 0.0712. The molecule has 0 aliphatic carbocycles. The molecule has 0 radical (unpaired) electrons. The van der Waals surface area contributed by atoms with Crippen molar-refractivity contribution in [3.05, 3.63) is 56.1 Å². The number of nitrogens with one attached hydrogen (secondary N) is 2. The first-order valence-electron chi connectivity index (χ1n) is 8.70. The van der Waals surface area contributed by atoms with Crippen molar-refractivity contribution in [2.45, 2.75) is 33.9 Å². The number of H-pyrrole nitrogens is 1. The Morgan fingerprint density at radius 2 is 2.07 bits per heavy atom. The largest absolute Gasteiger partial charge is 0.481 e. The second-order valence-electron chi connectivity index (χ2n) is 6.47. The van der Waals surface area contributed by atoms with Crippen LogP contribution in [0.25, 0.3) is 0 Å². The number of fused-ring (bicyclic) bond motifs is 1. The lowest BCUT2D eigenvalue weighted by molar-refractivity contribution is 0.0786. The lowest BCUT2D eigenvalue weighted by atomic mass is 10.1. The van der Waals surface area contributed by atoms with Gasteiger partial charge in [-0.15, -0.1) is 0 Å². The number of hydrogen-bond acceptors (Lipinski definition) is 5. The molecule has 8 nitrogen and oxygen atoms in total. The van der Waals surface area contributed by atoms with Gasteiger partial charge >= 0.3 is 0 Å². The van der Waals surface area contributed by atoms with E-state index in [-0.39, 0.29) is 23.4 Å². The van der Waals surface area contributed by atoms with Crippen LogP contribution in [0.15, 0.2) is 16.9 Å². The van der Waals surface area contributed by atoms with E-state index in [2.05, 4.69) is 15.3 Å². The molecule has 142 valence electrons. The van der Waals surface area contributed by atoms with E-state index in [9.17, 15) is 14.4 Å². The van der Waals surface area contributed by atoms with E-state index in [4.69, 9.17) is 4.74 Å².